The van der Waals surface area contributed by atoms with Gasteiger partial charge >= 0.3 is 5.97 Å². The number of nitrogens with one attached hydrogen (secondary N) is 3. The van der Waals surface area contributed by atoms with Crippen LogP contribution in [0.3, 0.4) is 0 Å². The Bertz CT molecular complexity index is 656. The predicted octanol–water partition coefficient (Wildman–Crippen LogP) is -2.19. The SMILES string of the molecule is CCC(C)C(NC(=O)C(N)CCC(N)=O)C(=O)NC(CO)C(=O)NC(C(=O)O)C(C)C. The molecule has 4 amide bonds. The van der Waals surface area contributed by atoms with E-state index in [2.05, 4.69) is 16.0 Å². The van der Waals surface area contributed by atoms with Crippen LogP contribution < -0.4 is 27.4 Å². The first-order chi connectivity index (χ1) is 14.3. The monoisotopic (exact) mass is 445 g/mol. The van der Waals surface area contributed by atoms with Crippen molar-refractivity contribution >= 4 is 29.6 Å². The lowest BCUT2D eigenvalue weighted by Crippen LogP contribution is -2.59. The minimum absolute atomic E-state index is 0.00343. The van der Waals surface area contributed by atoms with Crippen LogP contribution in [0.4, 0.5) is 0 Å². The molecule has 0 heterocycles. The molecule has 0 saturated carbocycles. The second-order valence-corrected chi connectivity index (χ2v) is 7.80. The molecule has 0 rings (SSSR count). The van der Waals surface area contributed by atoms with Gasteiger partial charge in [-0.15, -0.1) is 0 Å². The van der Waals surface area contributed by atoms with E-state index < -0.39 is 66.3 Å². The second-order valence-electron chi connectivity index (χ2n) is 7.80. The number of amides is 4. The molecule has 12 nitrogen and oxygen atoms in total. The highest BCUT2D eigenvalue weighted by Gasteiger charge is 2.32. The molecule has 5 unspecified atom stereocenters. The van der Waals surface area contributed by atoms with Gasteiger partial charge in [-0.2, -0.15) is 0 Å². The van der Waals surface area contributed by atoms with Crippen molar-refractivity contribution in [1.82, 2.24) is 16.0 Å². The van der Waals surface area contributed by atoms with E-state index in [4.69, 9.17) is 11.5 Å². The van der Waals surface area contributed by atoms with Gasteiger partial charge in [0.05, 0.1) is 12.6 Å². The molecule has 0 spiro atoms. The van der Waals surface area contributed by atoms with Crippen molar-refractivity contribution in [3.05, 3.63) is 0 Å². The Balaban J connectivity index is 5.27. The Morgan fingerprint density at radius 2 is 1.45 bits per heavy atom. The lowest BCUT2D eigenvalue weighted by molar-refractivity contribution is -0.144. The zero-order chi connectivity index (χ0) is 24.3. The molecule has 5 atom stereocenters. The largest absolute Gasteiger partial charge is 0.480 e. The van der Waals surface area contributed by atoms with Gasteiger partial charge in [0.2, 0.25) is 23.6 Å². The number of carbonyl (C=O) groups excluding carboxylic acids is 4. The Kier molecular flexibility index (Phi) is 12.4. The van der Waals surface area contributed by atoms with Crippen molar-refractivity contribution in [2.75, 3.05) is 6.61 Å². The lowest BCUT2D eigenvalue weighted by atomic mass is 9.97. The van der Waals surface area contributed by atoms with E-state index in [1.54, 1.807) is 27.7 Å². The third-order valence-corrected chi connectivity index (χ3v) is 4.88. The molecular weight excluding hydrogens is 410 g/mol. The number of hydrogen-bond donors (Lipinski definition) is 7. The maximum absolute atomic E-state index is 12.7. The number of aliphatic carboxylic acids is 1. The van der Waals surface area contributed by atoms with Crippen LogP contribution in [0, 0.1) is 11.8 Å². The molecule has 0 aromatic carbocycles. The minimum atomic E-state index is -1.42. The molecule has 0 aromatic heterocycles. The summed E-state index contributed by atoms with van der Waals surface area (Å²) in [7, 11) is 0. The van der Waals surface area contributed by atoms with E-state index >= 15 is 0 Å². The van der Waals surface area contributed by atoms with Crippen LogP contribution in [0.5, 0.6) is 0 Å². The topological polar surface area (TPSA) is 214 Å². The summed E-state index contributed by atoms with van der Waals surface area (Å²) >= 11 is 0. The first kappa shape index (κ1) is 28.3. The van der Waals surface area contributed by atoms with E-state index in [9.17, 15) is 34.2 Å². The molecule has 31 heavy (non-hydrogen) atoms. The first-order valence-corrected chi connectivity index (χ1v) is 10.1. The van der Waals surface area contributed by atoms with Gasteiger partial charge in [0.1, 0.15) is 18.1 Å². The highest BCUT2D eigenvalue weighted by molar-refractivity contribution is 5.94. The van der Waals surface area contributed by atoms with E-state index in [0.29, 0.717) is 6.42 Å². The maximum atomic E-state index is 12.7. The fraction of sp³-hybridized carbons (Fsp3) is 0.737. The van der Waals surface area contributed by atoms with Crippen molar-refractivity contribution in [2.24, 2.45) is 23.3 Å². The average Bonchev–Trinajstić information content (AvgIpc) is 2.70. The van der Waals surface area contributed by atoms with Gasteiger partial charge in [0, 0.05) is 6.42 Å². The summed E-state index contributed by atoms with van der Waals surface area (Å²) in [4.78, 5) is 59.6. The van der Waals surface area contributed by atoms with Crippen LogP contribution in [0.25, 0.3) is 0 Å². The Labute approximate surface area is 181 Å². The zero-order valence-electron chi connectivity index (χ0n) is 18.4. The first-order valence-electron chi connectivity index (χ1n) is 10.1. The van der Waals surface area contributed by atoms with Gasteiger partial charge in [-0.3, -0.25) is 19.2 Å². The Hall–Kier alpha value is -2.73. The predicted molar refractivity (Wildman–Crippen MR) is 111 cm³/mol. The fourth-order valence-electron chi connectivity index (χ4n) is 2.61. The number of carboxylic acid groups (broad SMARTS) is 1. The summed E-state index contributed by atoms with van der Waals surface area (Å²) in [5, 5.41) is 25.8. The van der Waals surface area contributed by atoms with Crippen molar-refractivity contribution in [3.63, 3.8) is 0 Å². The Morgan fingerprint density at radius 3 is 1.87 bits per heavy atom. The van der Waals surface area contributed by atoms with Gasteiger partial charge in [0.15, 0.2) is 0 Å². The normalized spacial score (nSPS) is 15.8. The quantitative estimate of drug-likeness (QED) is 0.155. The molecule has 12 heteroatoms. The third kappa shape index (κ3) is 9.75. The maximum Gasteiger partial charge on any atom is 0.326 e. The third-order valence-electron chi connectivity index (χ3n) is 4.88. The summed E-state index contributed by atoms with van der Waals surface area (Å²) in [5.74, 6) is -4.92. The molecule has 0 radical (unpaired) electrons. The van der Waals surface area contributed by atoms with Crippen molar-refractivity contribution in [3.8, 4) is 0 Å². The molecule has 0 bridgehead atoms. The number of primary amides is 1. The van der Waals surface area contributed by atoms with Gasteiger partial charge in [0.25, 0.3) is 0 Å². The van der Waals surface area contributed by atoms with Gasteiger partial charge < -0.3 is 37.6 Å². The standard InChI is InChI=1S/C19H35N5O7/c1-5-10(4)15(24-16(27)11(20)6-7-13(21)26)18(29)22-12(8-25)17(28)23-14(9(2)3)19(30)31/h9-12,14-15,25H,5-8,20H2,1-4H3,(H2,21,26)(H,22,29)(H,23,28)(H,24,27)(H,30,31). The number of nitrogens with two attached hydrogens (primary N) is 2. The van der Waals surface area contributed by atoms with Crippen LogP contribution in [-0.2, 0) is 24.0 Å². The number of aliphatic hydroxyl groups excluding tert-OH is 1. The molecular formula is C19H35N5O7. The number of rotatable bonds is 14. The van der Waals surface area contributed by atoms with Crippen molar-refractivity contribution < 1.29 is 34.2 Å². The molecule has 9 N–H and O–H groups in total. The van der Waals surface area contributed by atoms with Crippen LogP contribution in [0.2, 0.25) is 0 Å². The highest BCUT2D eigenvalue weighted by Crippen LogP contribution is 2.10. The minimum Gasteiger partial charge on any atom is -0.480 e. The molecule has 0 saturated heterocycles. The fourth-order valence-corrected chi connectivity index (χ4v) is 2.61. The second kappa shape index (κ2) is 13.5. The van der Waals surface area contributed by atoms with Crippen LogP contribution in [-0.4, -0.2) is 70.6 Å². The molecule has 178 valence electrons. The van der Waals surface area contributed by atoms with Crippen LogP contribution in [0.15, 0.2) is 0 Å². The summed E-state index contributed by atoms with van der Waals surface area (Å²) in [6, 6.07) is -4.75. The van der Waals surface area contributed by atoms with E-state index in [-0.39, 0.29) is 18.8 Å². The van der Waals surface area contributed by atoms with Gasteiger partial charge in [-0.1, -0.05) is 34.1 Å². The van der Waals surface area contributed by atoms with Crippen molar-refractivity contribution in [2.45, 2.75) is 71.1 Å². The average molecular weight is 446 g/mol. The lowest BCUT2D eigenvalue weighted by Gasteiger charge is -2.27. The number of aliphatic hydroxyl groups is 1. The molecule has 0 fully saturated rings. The van der Waals surface area contributed by atoms with Crippen LogP contribution >= 0.6 is 0 Å². The van der Waals surface area contributed by atoms with Crippen LogP contribution in [0.1, 0.15) is 47.0 Å². The molecule has 0 aromatic rings. The number of hydrogen-bond acceptors (Lipinski definition) is 7. The molecule has 0 aliphatic carbocycles. The molecule has 0 aliphatic rings. The van der Waals surface area contributed by atoms with E-state index in [1.807, 2.05) is 0 Å². The smallest absolute Gasteiger partial charge is 0.326 e. The van der Waals surface area contributed by atoms with Gasteiger partial charge in [-0.05, 0) is 18.3 Å². The Morgan fingerprint density at radius 1 is 0.903 bits per heavy atom. The van der Waals surface area contributed by atoms with Crippen molar-refractivity contribution in [1.29, 1.82) is 0 Å². The number of carbonyl (C=O) groups is 5. The molecule has 0 aliphatic heterocycles. The summed E-state index contributed by atoms with van der Waals surface area (Å²) in [6.45, 7) is 5.91. The summed E-state index contributed by atoms with van der Waals surface area (Å²) < 4.78 is 0. The van der Waals surface area contributed by atoms with E-state index in [0.717, 1.165) is 0 Å². The zero-order valence-corrected chi connectivity index (χ0v) is 18.4. The van der Waals surface area contributed by atoms with E-state index in [1.165, 1.54) is 0 Å². The highest BCUT2D eigenvalue weighted by atomic mass is 16.4. The number of carboxylic acids is 1. The van der Waals surface area contributed by atoms with Gasteiger partial charge in [-0.25, -0.2) is 4.79 Å². The summed E-state index contributed by atoms with van der Waals surface area (Å²) in [6.07, 6.45) is 0.408. The summed E-state index contributed by atoms with van der Waals surface area (Å²) in [5.41, 5.74) is 10.8.